The molecular formula is C36H48N4O4. The second-order valence-corrected chi connectivity index (χ2v) is 12.4. The summed E-state index contributed by atoms with van der Waals surface area (Å²) in [5.74, 6) is 0.133. The van der Waals surface area contributed by atoms with Crippen LogP contribution in [-0.2, 0) is 19.2 Å². The second kappa shape index (κ2) is 15.7. The number of benzene rings is 2. The van der Waals surface area contributed by atoms with Gasteiger partial charge >= 0.3 is 0 Å². The van der Waals surface area contributed by atoms with Gasteiger partial charge in [0.2, 0.25) is 23.6 Å². The standard InChI is InChI=1S/C36H48N4O4/c1-5-9-26(4)36(44)40-23-8-11-32(40)35(43)38-30-20-16-28(17-21-30)13-12-27-14-18-29(19-15-27)37-34(42)31-10-7-22-39(31)33(41)24-25(3)6-2/h12-21,25-26,31-32H,5-11,22-24H2,1-4H3,(H,37,42)(H,38,43)/b13-12+/t25?,26?,31-,32-/m0/s1. The van der Waals surface area contributed by atoms with Crippen molar-refractivity contribution in [2.24, 2.45) is 11.8 Å². The Labute approximate surface area is 262 Å². The minimum atomic E-state index is -0.414. The minimum absolute atomic E-state index is 0.0616. The maximum Gasteiger partial charge on any atom is 0.247 e. The number of likely N-dealkylation sites (tertiary alicyclic amines) is 2. The van der Waals surface area contributed by atoms with Gasteiger partial charge in [-0.3, -0.25) is 19.2 Å². The zero-order valence-electron chi connectivity index (χ0n) is 26.7. The highest BCUT2D eigenvalue weighted by atomic mass is 16.2. The molecule has 4 amide bonds. The molecule has 2 aromatic carbocycles. The Kier molecular flexibility index (Phi) is 11.8. The summed E-state index contributed by atoms with van der Waals surface area (Å²) >= 11 is 0. The first-order valence-corrected chi connectivity index (χ1v) is 16.3. The molecule has 8 nitrogen and oxygen atoms in total. The predicted octanol–water partition coefficient (Wildman–Crippen LogP) is 6.59. The van der Waals surface area contributed by atoms with E-state index >= 15 is 0 Å². The van der Waals surface area contributed by atoms with Gasteiger partial charge in [-0.15, -0.1) is 0 Å². The first-order valence-electron chi connectivity index (χ1n) is 16.3. The highest BCUT2D eigenvalue weighted by Crippen LogP contribution is 2.25. The minimum Gasteiger partial charge on any atom is -0.331 e. The van der Waals surface area contributed by atoms with E-state index in [9.17, 15) is 19.2 Å². The SMILES string of the molecule is CCCC(C)C(=O)N1CCC[C@H]1C(=O)Nc1ccc(/C=C/c2ccc(NC(=O)[C@@H]3CCCN3C(=O)CC(C)CC)cc2)cc1. The van der Waals surface area contributed by atoms with Crippen LogP contribution in [0.5, 0.6) is 0 Å². The Morgan fingerprint density at radius 3 is 1.73 bits per heavy atom. The number of nitrogens with one attached hydrogen (secondary N) is 2. The number of amides is 4. The van der Waals surface area contributed by atoms with Crippen molar-refractivity contribution in [3.05, 3.63) is 59.7 Å². The van der Waals surface area contributed by atoms with Gasteiger partial charge in [0.05, 0.1) is 0 Å². The molecule has 236 valence electrons. The summed E-state index contributed by atoms with van der Waals surface area (Å²) in [4.78, 5) is 55.0. The van der Waals surface area contributed by atoms with Crippen LogP contribution in [0.3, 0.4) is 0 Å². The van der Waals surface area contributed by atoms with Crippen LogP contribution in [0.1, 0.15) is 90.2 Å². The topological polar surface area (TPSA) is 98.8 Å². The third-order valence-electron chi connectivity index (χ3n) is 8.90. The third kappa shape index (κ3) is 8.58. The van der Waals surface area contributed by atoms with Crippen LogP contribution in [0.2, 0.25) is 0 Å². The number of rotatable bonds is 12. The average molecular weight is 601 g/mol. The van der Waals surface area contributed by atoms with Gasteiger partial charge in [0, 0.05) is 36.8 Å². The summed E-state index contributed by atoms with van der Waals surface area (Å²) in [6.45, 7) is 9.44. The lowest BCUT2D eigenvalue weighted by Crippen LogP contribution is -2.45. The van der Waals surface area contributed by atoms with Gasteiger partial charge in [-0.2, -0.15) is 0 Å². The molecule has 2 fully saturated rings. The van der Waals surface area contributed by atoms with Gasteiger partial charge in [0.15, 0.2) is 0 Å². The number of carbonyl (C=O) groups excluding carboxylic acids is 4. The van der Waals surface area contributed by atoms with E-state index in [1.807, 2.05) is 67.6 Å². The molecular weight excluding hydrogens is 552 g/mol. The van der Waals surface area contributed by atoms with E-state index in [4.69, 9.17) is 0 Å². The lowest BCUT2D eigenvalue weighted by molar-refractivity contribution is -0.139. The molecule has 2 aliphatic rings. The van der Waals surface area contributed by atoms with Gasteiger partial charge in [0.25, 0.3) is 0 Å². The molecule has 2 N–H and O–H groups in total. The molecule has 2 aliphatic heterocycles. The Morgan fingerprint density at radius 2 is 1.25 bits per heavy atom. The molecule has 2 heterocycles. The molecule has 0 aliphatic carbocycles. The zero-order chi connectivity index (χ0) is 31.6. The molecule has 44 heavy (non-hydrogen) atoms. The Hall–Kier alpha value is -3.94. The molecule has 0 bridgehead atoms. The summed E-state index contributed by atoms with van der Waals surface area (Å²) in [5.41, 5.74) is 3.37. The predicted molar refractivity (Wildman–Crippen MR) is 177 cm³/mol. The summed E-state index contributed by atoms with van der Waals surface area (Å²) in [7, 11) is 0. The highest BCUT2D eigenvalue weighted by Gasteiger charge is 2.36. The van der Waals surface area contributed by atoms with Crippen LogP contribution in [0.25, 0.3) is 12.2 Å². The Bertz CT molecular complexity index is 1320. The lowest BCUT2D eigenvalue weighted by Gasteiger charge is -2.26. The monoisotopic (exact) mass is 600 g/mol. The van der Waals surface area contributed by atoms with Gasteiger partial charge in [-0.05, 0) is 73.4 Å². The average Bonchev–Trinajstić information content (AvgIpc) is 3.72. The van der Waals surface area contributed by atoms with E-state index in [1.54, 1.807) is 9.80 Å². The fraction of sp³-hybridized carbons (Fsp3) is 0.500. The first kappa shape index (κ1) is 33.0. The quantitative estimate of drug-likeness (QED) is 0.269. The molecule has 2 unspecified atom stereocenters. The summed E-state index contributed by atoms with van der Waals surface area (Å²) in [6, 6.07) is 14.4. The van der Waals surface area contributed by atoms with E-state index < -0.39 is 12.1 Å². The van der Waals surface area contributed by atoms with Crippen LogP contribution in [0.4, 0.5) is 11.4 Å². The van der Waals surface area contributed by atoms with Crippen molar-refractivity contribution >= 4 is 47.2 Å². The fourth-order valence-electron chi connectivity index (χ4n) is 6.04. The fourth-order valence-corrected chi connectivity index (χ4v) is 6.04. The van der Waals surface area contributed by atoms with Crippen molar-refractivity contribution < 1.29 is 19.2 Å². The van der Waals surface area contributed by atoms with Gasteiger partial charge in [-0.25, -0.2) is 0 Å². The molecule has 8 heteroatoms. The molecule has 4 rings (SSSR count). The van der Waals surface area contributed by atoms with Crippen LogP contribution >= 0.6 is 0 Å². The van der Waals surface area contributed by atoms with Crippen LogP contribution < -0.4 is 10.6 Å². The lowest BCUT2D eigenvalue weighted by atomic mass is 10.0. The van der Waals surface area contributed by atoms with E-state index in [0.29, 0.717) is 49.6 Å². The van der Waals surface area contributed by atoms with Crippen LogP contribution in [0.15, 0.2) is 48.5 Å². The van der Waals surface area contributed by atoms with E-state index in [2.05, 4.69) is 31.4 Å². The largest absolute Gasteiger partial charge is 0.331 e. The highest BCUT2D eigenvalue weighted by molar-refractivity contribution is 5.98. The van der Waals surface area contributed by atoms with Crippen molar-refractivity contribution in [3.63, 3.8) is 0 Å². The molecule has 0 aromatic heterocycles. The van der Waals surface area contributed by atoms with Gasteiger partial charge in [0.1, 0.15) is 12.1 Å². The van der Waals surface area contributed by atoms with Crippen LogP contribution in [-0.4, -0.2) is 58.6 Å². The van der Waals surface area contributed by atoms with E-state index in [0.717, 1.165) is 43.2 Å². The molecule has 0 saturated carbocycles. The molecule has 2 aromatic rings. The molecule has 2 saturated heterocycles. The van der Waals surface area contributed by atoms with E-state index in [-0.39, 0.29) is 29.5 Å². The van der Waals surface area contributed by atoms with Crippen molar-refractivity contribution in [2.75, 3.05) is 23.7 Å². The third-order valence-corrected chi connectivity index (χ3v) is 8.90. The number of hydrogen-bond acceptors (Lipinski definition) is 4. The smallest absolute Gasteiger partial charge is 0.247 e. The van der Waals surface area contributed by atoms with Crippen molar-refractivity contribution in [2.45, 2.75) is 91.1 Å². The maximum atomic E-state index is 13.0. The number of carbonyl (C=O) groups is 4. The summed E-state index contributed by atoms with van der Waals surface area (Å²) in [5, 5.41) is 5.97. The van der Waals surface area contributed by atoms with Crippen molar-refractivity contribution in [1.29, 1.82) is 0 Å². The van der Waals surface area contributed by atoms with Gasteiger partial charge < -0.3 is 20.4 Å². The first-order chi connectivity index (χ1) is 21.2. The van der Waals surface area contributed by atoms with Crippen molar-refractivity contribution in [1.82, 2.24) is 9.80 Å². The molecule has 4 atom stereocenters. The normalized spacial score (nSPS) is 19.6. The zero-order valence-corrected chi connectivity index (χ0v) is 26.7. The molecule has 0 radical (unpaired) electrons. The number of hydrogen-bond donors (Lipinski definition) is 2. The van der Waals surface area contributed by atoms with Crippen LogP contribution in [0, 0.1) is 11.8 Å². The van der Waals surface area contributed by atoms with Crippen molar-refractivity contribution in [3.8, 4) is 0 Å². The number of nitrogens with zero attached hydrogens (tertiary/aromatic N) is 2. The second-order valence-electron chi connectivity index (χ2n) is 12.4. The summed E-state index contributed by atoms with van der Waals surface area (Å²) < 4.78 is 0. The molecule has 0 spiro atoms. The summed E-state index contributed by atoms with van der Waals surface area (Å²) in [6.07, 6.45) is 10.3. The Balaban J connectivity index is 1.28. The maximum absolute atomic E-state index is 13.0. The number of anilines is 2. The van der Waals surface area contributed by atoms with E-state index in [1.165, 1.54) is 0 Å². The Morgan fingerprint density at radius 1 is 0.773 bits per heavy atom. The van der Waals surface area contributed by atoms with Gasteiger partial charge in [-0.1, -0.05) is 77.0 Å².